The first-order chi connectivity index (χ1) is 12.6. The summed E-state index contributed by atoms with van der Waals surface area (Å²) >= 11 is 1.70. The molecule has 5 heteroatoms. The Morgan fingerprint density at radius 1 is 1.04 bits per heavy atom. The van der Waals surface area contributed by atoms with Gasteiger partial charge in [-0.2, -0.15) is 0 Å². The van der Waals surface area contributed by atoms with E-state index in [-0.39, 0.29) is 23.9 Å². The van der Waals surface area contributed by atoms with Gasteiger partial charge in [0.05, 0.1) is 5.41 Å². The molecule has 0 aromatic heterocycles. The van der Waals surface area contributed by atoms with Crippen LogP contribution in [0.15, 0.2) is 35.2 Å². The standard InChI is InChI=1S/C21H27NO3S/c23-19(22-6-7-26-18-4-2-1-3-5-18)14-25-20(24)21-11-15-8-16(12-21)10-17(9-15)13-21/h1-5,15-17H,6-14H2,(H,22,23). The van der Waals surface area contributed by atoms with Crippen LogP contribution in [0.3, 0.4) is 0 Å². The highest BCUT2D eigenvalue weighted by Crippen LogP contribution is 2.60. The number of carbonyl (C=O) groups excluding carboxylic acids is 2. The van der Waals surface area contributed by atoms with Gasteiger partial charge in [-0.25, -0.2) is 0 Å². The van der Waals surface area contributed by atoms with Crippen molar-refractivity contribution in [1.29, 1.82) is 0 Å². The average molecular weight is 374 g/mol. The van der Waals surface area contributed by atoms with Gasteiger partial charge >= 0.3 is 5.97 Å². The predicted molar refractivity (Wildman–Crippen MR) is 102 cm³/mol. The van der Waals surface area contributed by atoms with Crippen LogP contribution in [0.25, 0.3) is 0 Å². The van der Waals surface area contributed by atoms with Crippen molar-refractivity contribution in [1.82, 2.24) is 5.32 Å². The molecule has 0 unspecified atom stereocenters. The second-order valence-corrected chi connectivity index (χ2v) is 9.45. The highest BCUT2D eigenvalue weighted by atomic mass is 32.2. The minimum atomic E-state index is -0.280. The number of esters is 1. The molecule has 4 bridgehead atoms. The number of benzene rings is 1. The van der Waals surface area contributed by atoms with Crippen molar-refractivity contribution in [3.8, 4) is 0 Å². The molecule has 4 aliphatic carbocycles. The van der Waals surface area contributed by atoms with Crippen molar-refractivity contribution in [3.05, 3.63) is 30.3 Å². The molecule has 1 aromatic carbocycles. The summed E-state index contributed by atoms with van der Waals surface area (Å²) in [5, 5.41) is 2.85. The van der Waals surface area contributed by atoms with E-state index < -0.39 is 0 Å². The zero-order valence-electron chi connectivity index (χ0n) is 15.1. The second kappa shape index (κ2) is 7.63. The minimum Gasteiger partial charge on any atom is -0.455 e. The van der Waals surface area contributed by atoms with Crippen LogP contribution in [0.1, 0.15) is 38.5 Å². The number of nitrogens with one attached hydrogen (secondary N) is 1. The molecule has 1 amide bonds. The first-order valence-corrected chi connectivity index (χ1v) is 10.7. The maximum Gasteiger partial charge on any atom is 0.312 e. The first kappa shape index (κ1) is 17.9. The molecule has 0 saturated heterocycles. The summed E-state index contributed by atoms with van der Waals surface area (Å²) in [6.07, 6.45) is 6.83. The number of ether oxygens (including phenoxy) is 1. The Morgan fingerprint density at radius 2 is 1.65 bits per heavy atom. The van der Waals surface area contributed by atoms with Crippen molar-refractivity contribution in [3.63, 3.8) is 0 Å². The molecule has 4 saturated carbocycles. The van der Waals surface area contributed by atoms with Gasteiger partial charge in [-0.3, -0.25) is 9.59 Å². The maximum atomic E-state index is 12.7. The highest BCUT2D eigenvalue weighted by molar-refractivity contribution is 7.99. The van der Waals surface area contributed by atoms with Crippen LogP contribution in [-0.4, -0.2) is 30.8 Å². The summed E-state index contributed by atoms with van der Waals surface area (Å²) in [6.45, 7) is 0.434. The van der Waals surface area contributed by atoms with Crippen molar-refractivity contribution in [2.75, 3.05) is 18.9 Å². The van der Waals surface area contributed by atoms with Gasteiger partial charge in [0, 0.05) is 17.2 Å². The van der Waals surface area contributed by atoms with E-state index in [2.05, 4.69) is 17.4 Å². The van der Waals surface area contributed by atoms with Crippen molar-refractivity contribution >= 4 is 23.6 Å². The summed E-state index contributed by atoms with van der Waals surface area (Å²) in [5.74, 6) is 2.61. The van der Waals surface area contributed by atoms with Gasteiger partial charge in [0.1, 0.15) is 0 Å². The molecule has 140 valence electrons. The number of carbonyl (C=O) groups is 2. The Labute approximate surface area is 159 Å². The van der Waals surface area contributed by atoms with E-state index in [4.69, 9.17) is 4.74 Å². The Balaban J connectivity index is 1.18. The van der Waals surface area contributed by atoms with Crippen LogP contribution in [0.5, 0.6) is 0 Å². The van der Waals surface area contributed by atoms with E-state index in [9.17, 15) is 9.59 Å². The monoisotopic (exact) mass is 373 g/mol. The van der Waals surface area contributed by atoms with Crippen molar-refractivity contribution in [2.45, 2.75) is 43.4 Å². The van der Waals surface area contributed by atoms with Crippen molar-refractivity contribution in [2.24, 2.45) is 23.2 Å². The van der Waals surface area contributed by atoms with Gasteiger partial charge in [0.2, 0.25) is 0 Å². The summed E-state index contributed by atoms with van der Waals surface area (Å²) in [7, 11) is 0. The fourth-order valence-corrected chi connectivity index (χ4v) is 6.36. The number of rotatable bonds is 7. The Bertz CT molecular complexity index is 625. The van der Waals surface area contributed by atoms with Gasteiger partial charge in [-0.15, -0.1) is 11.8 Å². The number of thioether (sulfide) groups is 1. The summed E-state index contributed by atoms with van der Waals surface area (Å²) in [6, 6.07) is 10.1. The zero-order valence-corrected chi connectivity index (χ0v) is 15.9. The Kier molecular flexibility index (Phi) is 5.25. The third-order valence-electron chi connectivity index (χ3n) is 6.24. The lowest BCUT2D eigenvalue weighted by Crippen LogP contribution is -2.51. The molecule has 0 spiro atoms. The molecule has 0 aliphatic heterocycles. The lowest BCUT2D eigenvalue weighted by molar-refractivity contribution is -0.173. The molecule has 1 N–H and O–H groups in total. The van der Waals surface area contributed by atoms with Crippen LogP contribution in [0.4, 0.5) is 0 Å². The highest BCUT2D eigenvalue weighted by Gasteiger charge is 2.55. The van der Waals surface area contributed by atoms with Gasteiger partial charge in [-0.1, -0.05) is 18.2 Å². The van der Waals surface area contributed by atoms with Crippen LogP contribution in [-0.2, 0) is 14.3 Å². The Hall–Kier alpha value is -1.49. The van der Waals surface area contributed by atoms with E-state index in [0.717, 1.165) is 25.0 Å². The molecule has 1 aromatic rings. The number of amides is 1. The SMILES string of the molecule is O=C(COC(=O)C12CC3CC(CC(C3)C1)C2)NCCSc1ccccc1. The lowest BCUT2D eigenvalue weighted by Gasteiger charge is -2.55. The smallest absolute Gasteiger partial charge is 0.312 e. The summed E-state index contributed by atoms with van der Waals surface area (Å²) in [4.78, 5) is 25.9. The van der Waals surface area contributed by atoms with Crippen molar-refractivity contribution < 1.29 is 14.3 Å². The molecule has 5 rings (SSSR count). The van der Waals surface area contributed by atoms with E-state index in [1.165, 1.54) is 24.2 Å². The van der Waals surface area contributed by atoms with Crippen LogP contribution in [0, 0.1) is 23.2 Å². The first-order valence-electron chi connectivity index (χ1n) is 9.75. The van der Waals surface area contributed by atoms with E-state index in [1.54, 1.807) is 11.8 Å². The van der Waals surface area contributed by atoms with E-state index in [1.807, 2.05) is 18.2 Å². The molecule has 0 atom stereocenters. The third kappa shape index (κ3) is 3.93. The molecule has 0 heterocycles. The van der Waals surface area contributed by atoms with Crippen LogP contribution < -0.4 is 5.32 Å². The van der Waals surface area contributed by atoms with Gasteiger partial charge in [0.25, 0.3) is 5.91 Å². The fraction of sp³-hybridized carbons (Fsp3) is 0.619. The number of hydrogen-bond acceptors (Lipinski definition) is 4. The van der Waals surface area contributed by atoms with E-state index in [0.29, 0.717) is 24.3 Å². The van der Waals surface area contributed by atoms with Gasteiger partial charge < -0.3 is 10.1 Å². The quantitative estimate of drug-likeness (QED) is 0.450. The zero-order chi connectivity index (χ0) is 18.0. The normalized spacial score (nSPS) is 31.6. The molecular formula is C21H27NO3S. The Morgan fingerprint density at radius 3 is 2.27 bits per heavy atom. The molecule has 26 heavy (non-hydrogen) atoms. The summed E-state index contributed by atoms with van der Waals surface area (Å²) in [5.41, 5.74) is -0.280. The van der Waals surface area contributed by atoms with Crippen LogP contribution >= 0.6 is 11.8 Å². The maximum absolute atomic E-state index is 12.7. The summed E-state index contributed by atoms with van der Waals surface area (Å²) < 4.78 is 5.45. The lowest BCUT2D eigenvalue weighted by atomic mass is 9.49. The second-order valence-electron chi connectivity index (χ2n) is 8.29. The third-order valence-corrected chi connectivity index (χ3v) is 7.26. The average Bonchev–Trinajstić information content (AvgIpc) is 2.63. The van der Waals surface area contributed by atoms with Gasteiger partial charge in [0.15, 0.2) is 6.61 Å². The van der Waals surface area contributed by atoms with Gasteiger partial charge in [-0.05, 0) is 68.4 Å². The molecule has 0 radical (unpaired) electrons. The largest absolute Gasteiger partial charge is 0.455 e. The number of hydrogen-bond donors (Lipinski definition) is 1. The minimum absolute atomic E-state index is 0.120. The topological polar surface area (TPSA) is 55.4 Å². The predicted octanol–water partition coefficient (Wildman–Crippen LogP) is 3.65. The van der Waals surface area contributed by atoms with Crippen LogP contribution in [0.2, 0.25) is 0 Å². The molecule has 4 fully saturated rings. The van der Waals surface area contributed by atoms with E-state index >= 15 is 0 Å². The molecule has 4 nitrogen and oxygen atoms in total. The fourth-order valence-electron chi connectivity index (χ4n) is 5.57. The molecule has 4 aliphatic rings. The molecular weight excluding hydrogens is 346 g/mol.